The van der Waals surface area contributed by atoms with Crippen LogP contribution in [0, 0.1) is 13.8 Å². The molecule has 0 radical (unpaired) electrons. The van der Waals surface area contributed by atoms with E-state index < -0.39 is 12.1 Å². The second-order valence-corrected chi connectivity index (χ2v) is 13.4. The molecule has 0 fully saturated rings. The van der Waals surface area contributed by atoms with Crippen LogP contribution in [0.15, 0.2) is 60.7 Å². The van der Waals surface area contributed by atoms with Crippen LogP contribution in [0.4, 0.5) is 4.79 Å². The Balaban J connectivity index is 1.14. The van der Waals surface area contributed by atoms with E-state index in [9.17, 15) is 19.5 Å². The highest BCUT2D eigenvalue weighted by molar-refractivity contribution is 7.14. The molecular formula is C34H31NO5S2. The van der Waals surface area contributed by atoms with Gasteiger partial charge in [0.1, 0.15) is 11.5 Å². The number of aryl methyl sites for hydroxylation is 2. The predicted octanol–water partition coefficient (Wildman–Crippen LogP) is 8.28. The maximum absolute atomic E-state index is 13.3. The number of hydrogen-bond acceptors (Lipinski definition) is 6. The van der Waals surface area contributed by atoms with Crippen molar-refractivity contribution in [2.75, 3.05) is 20.2 Å². The van der Waals surface area contributed by atoms with E-state index in [1.54, 1.807) is 13.1 Å². The number of ether oxygens (including phenoxy) is 1. The average molecular weight is 598 g/mol. The van der Waals surface area contributed by atoms with Crippen molar-refractivity contribution in [3.8, 4) is 11.1 Å². The molecule has 2 aromatic carbocycles. The van der Waals surface area contributed by atoms with Crippen LogP contribution in [0.2, 0.25) is 0 Å². The number of carbonyl (C=O) groups excluding carboxylic acids is 2. The van der Waals surface area contributed by atoms with Gasteiger partial charge in [0.15, 0.2) is 5.78 Å². The third-order valence-electron chi connectivity index (χ3n) is 8.22. The summed E-state index contributed by atoms with van der Waals surface area (Å²) in [6.45, 7) is 4.10. The third kappa shape index (κ3) is 5.10. The fourth-order valence-electron chi connectivity index (χ4n) is 6.21. The molecule has 42 heavy (non-hydrogen) atoms. The molecule has 2 heterocycles. The molecule has 0 atom stereocenters. The Kier molecular flexibility index (Phi) is 7.60. The first-order valence-corrected chi connectivity index (χ1v) is 15.6. The molecule has 0 unspecified atom stereocenters. The maximum Gasteiger partial charge on any atom is 0.409 e. The van der Waals surface area contributed by atoms with Gasteiger partial charge in [0, 0.05) is 22.7 Å². The van der Waals surface area contributed by atoms with Crippen LogP contribution in [-0.2, 0) is 4.74 Å². The number of likely N-dealkylation sites (N-methyl/N-ethyl adjacent to an activating group) is 1. The highest BCUT2D eigenvalue weighted by atomic mass is 32.1. The van der Waals surface area contributed by atoms with E-state index in [1.807, 2.05) is 44.2 Å². The first-order chi connectivity index (χ1) is 20.2. The van der Waals surface area contributed by atoms with Gasteiger partial charge >= 0.3 is 12.1 Å². The van der Waals surface area contributed by atoms with Crippen molar-refractivity contribution in [1.29, 1.82) is 0 Å². The molecule has 4 aromatic rings. The van der Waals surface area contributed by atoms with Gasteiger partial charge in [-0.1, -0.05) is 48.5 Å². The molecule has 2 aliphatic carbocycles. The summed E-state index contributed by atoms with van der Waals surface area (Å²) in [4.78, 5) is 42.1. The second-order valence-electron chi connectivity index (χ2n) is 10.9. The fraction of sp³-hybridized carbons (Fsp3) is 0.265. The topological polar surface area (TPSA) is 83.9 Å². The predicted molar refractivity (Wildman–Crippen MR) is 168 cm³/mol. The molecule has 0 bridgehead atoms. The molecule has 0 aliphatic heterocycles. The molecule has 0 spiro atoms. The molecule has 214 valence electrons. The minimum Gasteiger partial charge on any atom is -0.477 e. The quantitative estimate of drug-likeness (QED) is 0.207. The van der Waals surface area contributed by atoms with Gasteiger partial charge in [-0.2, -0.15) is 0 Å². The molecule has 2 aliphatic rings. The van der Waals surface area contributed by atoms with E-state index in [0.29, 0.717) is 9.75 Å². The average Bonchev–Trinajstić information content (AvgIpc) is 3.76. The number of thiophene rings is 2. The van der Waals surface area contributed by atoms with E-state index >= 15 is 0 Å². The smallest absolute Gasteiger partial charge is 0.409 e. The fourth-order valence-corrected chi connectivity index (χ4v) is 8.07. The number of Topliss-reactive ketones (excluding diaryl/α,β-unsaturated/α-hetero) is 1. The normalized spacial score (nSPS) is 14.2. The minimum absolute atomic E-state index is 0.0414. The summed E-state index contributed by atoms with van der Waals surface area (Å²) in [5.74, 6) is -1.08. The number of benzene rings is 2. The van der Waals surface area contributed by atoms with Crippen LogP contribution in [0.25, 0.3) is 22.3 Å². The van der Waals surface area contributed by atoms with Crippen molar-refractivity contribution >= 4 is 51.7 Å². The summed E-state index contributed by atoms with van der Waals surface area (Å²) in [5.41, 5.74) is 9.02. The van der Waals surface area contributed by atoms with Crippen LogP contribution in [-0.4, -0.2) is 48.1 Å². The van der Waals surface area contributed by atoms with Crippen LogP contribution in [0.1, 0.15) is 76.5 Å². The zero-order valence-electron chi connectivity index (χ0n) is 23.7. The Bertz CT molecular complexity index is 1720. The largest absolute Gasteiger partial charge is 0.477 e. The summed E-state index contributed by atoms with van der Waals surface area (Å²) in [6.07, 6.45) is 2.24. The van der Waals surface area contributed by atoms with Gasteiger partial charge in [0.25, 0.3) is 0 Å². The van der Waals surface area contributed by atoms with E-state index in [1.165, 1.54) is 49.8 Å². The van der Waals surface area contributed by atoms with E-state index in [2.05, 4.69) is 24.3 Å². The summed E-state index contributed by atoms with van der Waals surface area (Å²) < 4.78 is 5.73. The number of carboxylic acids is 1. The molecule has 2 aromatic heterocycles. The SMILES string of the molecule is Cc1sc(C(=O)O)cc1C1=C(c2cc(C(=O)CN(C)C(=O)OCC3c4ccccc4-c4ccccc43)sc2C)CCC1. The standard InChI is InChI=1S/C34H31NO5S2/c1-19-27(23-13-8-14-24(23)28-16-32(33(37)38)42-20(28)2)15-31(41-19)30(36)17-35(3)34(39)40-18-29-25-11-6-4-9-21(25)22-10-5-7-12-26(22)29/h4-7,9-12,15-16,29H,8,13-14,17-18H2,1-3H3,(H,37,38). The Hall–Kier alpha value is -4.01. The van der Waals surface area contributed by atoms with Crippen LogP contribution in [0.3, 0.4) is 0 Å². The van der Waals surface area contributed by atoms with Gasteiger partial charge in [-0.15, -0.1) is 22.7 Å². The number of ketones is 1. The number of amides is 1. The third-order valence-corrected chi connectivity index (χ3v) is 10.3. The lowest BCUT2D eigenvalue weighted by molar-refractivity contribution is 0.0701. The molecule has 8 heteroatoms. The molecule has 1 N–H and O–H groups in total. The first-order valence-electron chi connectivity index (χ1n) is 14.0. The van der Waals surface area contributed by atoms with Gasteiger partial charge in [-0.3, -0.25) is 4.79 Å². The number of carboxylic acid groups (broad SMARTS) is 1. The van der Waals surface area contributed by atoms with Gasteiger partial charge in [-0.05, 0) is 89.8 Å². The Morgan fingerprint density at radius 1 is 0.833 bits per heavy atom. The van der Waals surface area contributed by atoms with Crippen molar-refractivity contribution in [3.63, 3.8) is 0 Å². The number of carbonyl (C=O) groups is 3. The molecular weight excluding hydrogens is 567 g/mol. The zero-order chi connectivity index (χ0) is 29.5. The monoisotopic (exact) mass is 597 g/mol. The molecule has 1 amide bonds. The molecule has 0 saturated heterocycles. The Morgan fingerprint density at radius 2 is 1.36 bits per heavy atom. The van der Waals surface area contributed by atoms with Crippen LogP contribution < -0.4 is 0 Å². The van der Waals surface area contributed by atoms with Crippen LogP contribution >= 0.6 is 22.7 Å². The summed E-state index contributed by atoms with van der Waals surface area (Å²) in [5, 5.41) is 9.46. The van der Waals surface area contributed by atoms with E-state index in [-0.39, 0.29) is 24.9 Å². The summed E-state index contributed by atoms with van der Waals surface area (Å²) >= 11 is 2.74. The van der Waals surface area contributed by atoms with Crippen molar-refractivity contribution in [1.82, 2.24) is 4.90 Å². The Labute approximate surface area is 252 Å². The number of allylic oxidation sites excluding steroid dienone is 2. The lowest BCUT2D eigenvalue weighted by atomic mass is 9.97. The van der Waals surface area contributed by atoms with Gasteiger partial charge in [0.2, 0.25) is 0 Å². The first kappa shape index (κ1) is 28.1. The van der Waals surface area contributed by atoms with Gasteiger partial charge in [0.05, 0.1) is 11.4 Å². The summed E-state index contributed by atoms with van der Waals surface area (Å²) in [6, 6.07) is 20.1. The number of nitrogens with zero attached hydrogens (tertiary/aromatic N) is 1. The number of fused-ring (bicyclic) bond motifs is 3. The summed E-state index contributed by atoms with van der Waals surface area (Å²) in [7, 11) is 1.59. The van der Waals surface area contributed by atoms with Gasteiger partial charge in [-0.25, -0.2) is 9.59 Å². The van der Waals surface area contributed by atoms with Crippen molar-refractivity contribution in [3.05, 3.63) is 102 Å². The Morgan fingerprint density at radius 3 is 1.90 bits per heavy atom. The molecule has 6 nitrogen and oxygen atoms in total. The van der Waals surface area contributed by atoms with Crippen molar-refractivity contribution in [2.24, 2.45) is 0 Å². The maximum atomic E-state index is 13.3. The lowest BCUT2D eigenvalue weighted by Gasteiger charge is -2.19. The van der Waals surface area contributed by atoms with Crippen LogP contribution in [0.5, 0.6) is 0 Å². The zero-order valence-corrected chi connectivity index (χ0v) is 25.4. The highest BCUT2D eigenvalue weighted by Crippen LogP contribution is 2.46. The van der Waals surface area contributed by atoms with Crippen molar-refractivity contribution in [2.45, 2.75) is 39.0 Å². The number of rotatable bonds is 8. The molecule has 0 saturated carbocycles. The number of aromatic carboxylic acids is 1. The molecule has 6 rings (SSSR count). The highest BCUT2D eigenvalue weighted by Gasteiger charge is 2.30. The van der Waals surface area contributed by atoms with E-state index in [4.69, 9.17) is 4.74 Å². The van der Waals surface area contributed by atoms with Crippen molar-refractivity contribution < 1.29 is 24.2 Å². The minimum atomic E-state index is -0.908. The van der Waals surface area contributed by atoms with E-state index in [0.717, 1.165) is 51.3 Å². The second kappa shape index (κ2) is 11.3. The van der Waals surface area contributed by atoms with Gasteiger partial charge < -0.3 is 14.7 Å². The number of hydrogen-bond donors (Lipinski definition) is 1. The lowest BCUT2D eigenvalue weighted by Crippen LogP contribution is -2.33.